The Morgan fingerprint density at radius 1 is 0.917 bits per heavy atom. The van der Waals surface area contributed by atoms with Gasteiger partial charge >= 0.3 is 0 Å². The third-order valence-electron chi connectivity index (χ3n) is 3.65. The highest BCUT2D eigenvalue weighted by Gasteiger charge is 2.11. The van der Waals surface area contributed by atoms with E-state index in [9.17, 15) is 8.42 Å². The van der Waals surface area contributed by atoms with Gasteiger partial charge in [-0.25, -0.2) is 8.42 Å². The van der Waals surface area contributed by atoms with Gasteiger partial charge in [-0.1, -0.05) is 36.4 Å². The van der Waals surface area contributed by atoms with Crippen molar-refractivity contribution in [2.24, 2.45) is 0 Å². The topological polar surface area (TPSA) is 77.8 Å². The highest BCUT2D eigenvalue weighted by molar-refractivity contribution is 7.91. The molecule has 0 amide bonds. The Bertz CT molecular complexity index is 781. The molecule has 2 aromatic rings. The smallest absolute Gasteiger partial charge is 0.202 e. The number of rotatable bonds is 7. The maximum Gasteiger partial charge on any atom is 0.202 e. The van der Waals surface area contributed by atoms with Gasteiger partial charge in [-0.05, 0) is 35.4 Å². The number of aliphatic hydroxyl groups is 2. The SMILES string of the molecule is CN(CCO)c1ccc(/C=C/c2ccc(S(=O)(=O)CO)cc2)cc1. The molecule has 0 aliphatic rings. The number of likely N-dealkylation sites (N-methyl/N-ethyl adjacent to an activating group) is 1. The molecule has 128 valence electrons. The first kappa shape index (κ1) is 18.2. The van der Waals surface area contributed by atoms with Crippen molar-refractivity contribution < 1.29 is 18.6 Å². The van der Waals surface area contributed by atoms with Crippen LogP contribution in [0.1, 0.15) is 11.1 Å². The van der Waals surface area contributed by atoms with Crippen molar-refractivity contribution >= 4 is 27.7 Å². The predicted octanol–water partition coefficient (Wildman–Crippen LogP) is 2.01. The lowest BCUT2D eigenvalue weighted by Gasteiger charge is -2.17. The van der Waals surface area contributed by atoms with E-state index in [1.165, 1.54) is 12.1 Å². The second-order valence-corrected chi connectivity index (χ2v) is 7.34. The number of benzene rings is 2. The molecule has 0 aliphatic heterocycles. The number of sulfone groups is 1. The monoisotopic (exact) mass is 347 g/mol. The molecule has 0 aliphatic carbocycles. The van der Waals surface area contributed by atoms with Crippen molar-refractivity contribution in [2.45, 2.75) is 4.90 Å². The van der Waals surface area contributed by atoms with Crippen molar-refractivity contribution in [1.82, 2.24) is 0 Å². The van der Waals surface area contributed by atoms with E-state index in [1.807, 2.05) is 48.4 Å². The van der Waals surface area contributed by atoms with Gasteiger partial charge in [-0.2, -0.15) is 0 Å². The average molecular weight is 347 g/mol. The van der Waals surface area contributed by atoms with E-state index < -0.39 is 15.8 Å². The first-order valence-electron chi connectivity index (χ1n) is 7.50. The summed E-state index contributed by atoms with van der Waals surface area (Å²) < 4.78 is 23.1. The fourth-order valence-electron chi connectivity index (χ4n) is 2.17. The van der Waals surface area contributed by atoms with E-state index in [2.05, 4.69) is 0 Å². The van der Waals surface area contributed by atoms with Gasteiger partial charge in [0.05, 0.1) is 11.5 Å². The molecule has 2 N–H and O–H groups in total. The van der Waals surface area contributed by atoms with Crippen molar-refractivity contribution in [3.05, 3.63) is 59.7 Å². The van der Waals surface area contributed by atoms with Gasteiger partial charge in [-0.3, -0.25) is 0 Å². The third kappa shape index (κ3) is 4.67. The van der Waals surface area contributed by atoms with Gasteiger partial charge in [0, 0.05) is 19.3 Å². The Morgan fingerprint density at radius 3 is 1.88 bits per heavy atom. The Hall–Kier alpha value is -2.15. The van der Waals surface area contributed by atoms with Crippen LogP contribution in [0, 0.1) is 0 Å². The molecule has 2 rings (SSSR count). The lowest BCUT2D eigenvalue weighted by molar-refractivity contribution is 0.304. The summed E-state index contributed by atoms with van der Waals surface area (Å²) in [6, 6.07) is 14.3. The first-order valence-corrected chi connectivity index (χ1v) is 9.15. The number of anilines is 1. The molecule has 0 spiro atoms. The fourth-order valence-corrected chi connectivity index (χ4v) is 2.87. The summed E-state index contributed by atoms with van der Waals surface area (Å²) in [6.45, 7) is 0.693. The molecular weight excluding hydrogens is 326 g/mol. The Balaban J connectivity index is 2.08. The summed E-state index contributed by atoms with van der Waals surface area (Å²) >= 11 is 0. The van der Waals surface area contributed by atoms with E-state index in [0.717, 1.165) is 16.8 Å². The lowest BCUT2D eigenvalue weighted by Crippen LogP contribution is -2.20. The summed E-state index contributed by atoms with van der Waals surface area (Å²) in [5, 5.41) is 17.8. The summed E-state index contributed by atoms with van der Waals surface area (Å²) in [5.41, 5.74) is 2.91. The molecule has 0 heterocycles. The van der Waals surface area contributed by atoms with E-state index >= 15 is 0 Å². The van der Waals surface area contributed by atoms with Crippen LogP contribution in [-0.2, 0) is 9.84 Å². The van der Waals surface area contributed by atoms with Crippen molar-refractivity contribution in [2.75, 3.05) is 31.0 Å². The first-order chi connectivity index (χ1) is 11.5. The van der Waals surface area contributed by atoms with Gasteiger partial charge in [0.15, 0.2) is 0 Å². The van der Waals surface area contributed by atoms with Gasteiger partial charge in [0.2, 0.25) is 9.84 Å². The fraction of sp³-hybridized carbons (Fsp3) is 0.222. The minimum Gasteiger partial charge on any atom is -0.395 e. The molecule has 24 heavy (non-hydrogen) atoms. The quantitative estimate of drug-likeness (QED) is 0.749. The summed E-state index contributed by atoms with van der Waals surface area (Å²) in [4.78, 5) is 2.08. The Morgan fingerprint density at radius 2 is 1.42 bits per heavy atom. The maximum absolute atomic E-state index is 11.5. The molecule has 0 aromatic heterocycles. The number of hydrogen-bond acceptors (Lipinski definition) is 5. The molecule has 0 fully saturated rings. The predicted molar refractivity (Wildman–Crippen MR) is 96.4 cm³/mol. The normalized spacial score (nSPS) is 11.8. The molecular formula is C18H21NO4S. The number of aliphatic hydroxyl groups excluding tert-OH is 2. The van der Waals surface area contributed by atoms with Crippen LogP contribution < -0.4 is 4.90 Å². The van der Waals surface area contributed by atoms with Crippen LogP contribution in [0.25, 0.3) is 12.2 Å². The third-order valence-corrected chi connectivity index (χ3v) is 4.98. The molecule has 0 saturated carbocycles. The molecule has 5 nitrogen and oxygen atoms in total. The van der Waals surface area contributed by atoms with Crippen LogP contribution >= 0.6 is 0 Å². The highest BCUT2D eigenvalue weighted by atomic mass is 32.2. The average Bonchev–Trinajstić information content (AvgIpc) is 2.61. The molecule has 0 bridgehead atoms. The highest BCUT2D eigenvalue weighted by Crippen LogP contribution is 2.17. The second kappa shape index (κ2) is 8.10. The second-order valence-electron chi connectivity index (χ2n) is 5.38. The minimum atomic E-state index is -3.59. The molecule has 6 heteroatoms. The van der Waals surface area contributed by atoms with Gasteiger partial charge < -0.3 is 15.1 Å². The zero-order chi connectivity index (χ0) is 17.6. The van der Waals surface area contributed by atoms with Crippen LogP contribution in [0.15, 0.2) is 53.4 Å². The van der Waals surface area contributed by atoms with Gasteiger partial charge in [-0.15, -0.1) is 0 Å². The Kier molecular flexibility index (Phi) is 6.14. The molecule has 0 radical (unpaired) electrons. The maximum atomic E-state index is 11.5. The number of nitrogens with zero attached hydrogens (tertiary/aromatic N) is 1. The van der Waals surface area contributed by atoms with Crippen LogP contribution in [0.3, 0.4) is 0 Å². The molecule has 2 aromatic carbocycles. The minimum absolute atomic E-state index is 0.110. The van der Waals surface area contributed by atoms with Crippen LogP contribution in [0.5, 0.6) is 0 Å². The van der Waals surface area contributed by atoms with E-state index in [1.54, 1.807) is 12.1 Å². The molecule has 0 unspecified atom stereocenters. The number of hydrogen-bond donors (Lipinski definition) is 2. The molecule has 0 atom stereocenters. The van der Waals surface area contributed by atoms with Crippen LogP contribution in [0.4, 0.5) is 5.69 Å². The van der Waals surface area contributed by atoms with Gasteiger partial charge in [0.1, 0.15) is 5.94 Å². The summed E-state index contributed by atoms with van der Waals surface area (Å²) in [7, 11) is -1.67. The van der Waals surface area contributed by atoms with E-state index in [-0.39, 0.29) is 11.5 Å². The van der Waals surface area contributed by atoms with Crippen LogP contribution in [-0.4, -0.2) is 44.8 Å². The van der Waals surface area contributed by atoms with Crippen molar-refractivity contribution in [3.8, 4) is 0 Å². The van der Waals surface area contributed by atoms with E-state index in [4.69, 9.17) is 10.2 Å². The lowest BCUT2D eigenvalue weighted by atomic mass is 10.1. The Labute approximate surface area is 142 Å². The molecule has 0 saturated heterocycles. The van der Waals surface area contributed by atoms with Crippen LogP contribution in [0.2, 0.25) is 0 Å². The van der Waals surface area contributed by atoms with Crippen molar-refractivity contribution in [1.29, 1.82) is 0 Å². The summed E-state index contributed by atoms with van der Waals surface area (Å²) in [5.74, 6) is -0.890. The summed E-state index contributed by atoms with van der Waals surface area (Å²) in [6.07, 6.45) is 3.83. The van der Waals surface area contributed by atoms with E-state index in [0.29, 0.717) is 6.54 Å². The largest absolute Gasteiger partial charge is 0.395 e. The zero-order valence-corrected chi connectivity index (χ0v) is 14.3. The van der Waals surface area contributed by atoms with Crippen molar-refractivity contribution in [3.63, 3.8) is 0 Å². The zero-order valence-electron chi connectivity index (χ0n) is 13.5. The standard InChI is InChI=1S/C18H21NO4S/c1-19(12-13-20)17-8-4-15(5-9-17)2-3-16-6-10-18(11-7-16)24(22,23)14-21/h2-11,20-21H,12-14H2,1H3/b3-2+. The van der Waals surface area contributed by atoms with Gasteiger partial charge in [0.25, 0.3) is 0 Å².